The first-order valence-corrected chi connectivity index (χ1v) is 8.90. The number of fused-ring (bicyclic) bond motifs is 1. The third-order valence-electron chi connectivity index (χ3n) is 4.09. The van der Waals surface area contributed by atoms with Crippen LogP contribution in [0.5, 0.6) is 5.75 Å². The molecule has 0 unspecified atom stereocenters. The molecule has 1 N–H and O–H groups in total. The summed E-state index contributed by atoms with van der Waals surface area (Å²) < 4.78 is 5.98. The van der Waals surface area contributed by atoms with E-state index >= 15 is 0 Å². The molecule has 0 bridgehead atoms. The number of nitrogens with zero attached hydrogens (tertiary/aromatic N) is 1. The molecule has 0 radical (unpaired) electrons. The summed E-state index contributed by atoms with van der Waals surface area (Å²) in [6.07, 6.45) is 0.189. The molecule has 1 aromatic heterocycles. The number of pyridine rings is 1. The monoisotopic (exact) mass is 388 g/mol. The van der Waals surface area contributed by atoms with E-state index < -0.39 is 0 Å². The van der Waals surface area contributed by atoms with Crippen LogP contribution in [-0.2, 0) is 17.8 Å². The number of aromatic nitrogens is 1. The summed E-state index contributed by atoms with van der Waals surface area (Å²) in [5, 5.41) is 4.54. The van der Waals surface area contributed by atoms with E-state index in [4.69, 9.17) is 27.9 Å². The molecule has 134 valence electrons. The Labute approximate surface area is 162 Å². The molecule has 0 aliphatic heterocycles. The smallest absolute Gasteiger partial charge is 0.224 e. The average molecular weight is 389 g/mol. The fourth-order valence-corrected chi connectivity index (χ4v) is 3.21. The van der Waals surface area contributed by atoms with Crippen LogP contribution in [0.1, 0.15) is 16.8 Å². The molecule has 3 rings (SSSR count). The van der Waals surface area contributed by atoms with E-state index in [0.717, 1.165) is 16.6 Å². The Morgan fingerprint density at radius 2 is 1.96 bits per heavy atom. The minimum absolute atomic E-state index is 0.116. The number of para-hydroxylation sites is 1. The summed E-state index contributed by atoms with van der Waals surface area (Å²) in [5.74, 6) is 0.546. The van der Waals surface area contributed by atoms with Crippen molar-refractivity contribution in [2.75, 3.05) is 7.05 Å². The Kier molecular flexibility index (Phi) is 5.64. The zero-order valence-corrected chi connectivity index (χ0v) is 16.0. The van der Waals surface area contributed by atoms with Crippen molar-refractivity contribution < 1.29 is 9.53 Å². The molecule has 0 saturated heterocycles. The Hall–Kier alpha value is -2.30. The lowest BCUT2D eigenvalue weighted by Crippen LogP contribution is -2.20. The van der Waals surface area contributed by atoms with Crippen molar-refractivity contribution in [3.8, 4) is 5.75 Å². The molecule has 0 atom stereocenters. The number of hydrogen-bond acceptors (Lipinski definition) is 3. The second-order valence-corrected chi connectivity index (χ2v) is 6.70. The van der Waals surface area contributed by atoms with Crippen molar-refractivity contribution >= 4 is 40.0 Å². The number of amides is 1. The first-order valence-electron chi connectivity index (χ1n) is 8.15. The SMILES string of the molecule is CNC(=O)Cc1ccc(Cl)c(COc2cccc3ccc(C)nc23)c1Cl. The Bertz CT molecular complexity index is 973. The van der Waals surface area contributed by atoms with Crippen LogP contribution in [0.15, 0.2) is 42.5 Å². The zero-order valence-electron chi connectivity index (χ0n) is 14.5. The maximum atomic E-state index is 11.6. The van der Waals surface area contributed by atoms with E-state index in [2.05, 4.69) is 10.3 Å². The van der Waals surface area contributed by atoms with Gasteiger partial charge in [-0.05, 0) is 30.7 Å². The summed E-state index contributed by atoms with van der Waals surface area (Å²) in [4.78, 5) is 16.2. The minimum Gasteiger partial charge on any atom is -0.487 e. The summed E-state index contributed by atoms with van der Waals surface area (Å²) in [6, 6.07) is 13.2. The maximum absolute atomic E-state index is 11.6. The fourth-order valence-electron chi connectivity index (χ4n) is 2.66. The molecule has 0 aliphatic carbocycles. The standard InChI is InChI=1S/C20H18Cl2N2O2/c1-12-6-7-13-4-3-5-17(20(13)24-12)26-11-15-16(21)9-8-14(19(15)22)10-18(25)23-2/h3-9H,10-11H2,1-2H3,(H,23,25). The number of aryl methyl sites for hydroxylation is 1. The number of likely N-dealkylation sites (N-methyl/N-ethyl adjacent to an activating group) is 1. The Balaban J connectivity index is 1.89. The highest BCUT2D eigenvalue weighted by atomic mass is 35.5. The van der Waals surface area contributed by atoms with E-state index in [1.165, 1.54) is 0 Å². The van der Waals surface area contributed by atoms with Gasteiger partial charge >= 0.3 is 0 Å². The van der Waals surface area contributed by atoms with Gasteiger partial charge in [-0.3, -0.25) is 4.79 Å². The highest BCUT2D eigenvalue weighted by Crippen LogP contribution is 2.31. The molecule has 1 amide bonds. The number of rotatable bonds is 5. The Morgan fingerprint density at radius 3 is 2.73 bits per heavy atom. The van der Waals surface area contributed by atoms with Gasteiger partial charge in [0, 0.05) is 28.7 Å². The molecule has 6 heteroatoms. The lowest BCUT2D eigenvalue weighted by atomic mass is 10.1. The second-order valence-electron chi connectivity index (χ2n) is 5.92. The Morgan fingerprint density at radius 1 is 1.15 bits per heavy atom. The van der Waals surface area contributed by atoms with Gasteiger partial charge in [0.2, 0.25) is 5.91 Å². The molecule has 2 aromatic carbocycles. The predicted octanol–water partition coefficient (Wildman–Crippen LogP) is 4.72. The van der Waals surface area contributed by atoms with Gasteiger partial charge in [0.15, 0.2) is 0 Å². The van der Waals surface area contributed by atoms with Gasteiger partial charge in [0.05, 0.1) is 11.4 Å². The number of carbonyl (C=O) groups excluding carboxylic acids is 1. The van der Waals surface area contributed by atoms with E-state index in [1.807, 2.05) is 37.3 Å². The van der Waals surface area contributed by atoms with Crippen LogP contribution < -0.4 is 10.1 Å². The molecule has 3 aromatic rings. The van der Waals surface area contributed by atoms with Crippen molar-refractivity contribution in [1.29, 1.82) is 0 Å². The van der Waals surface area contributed by atoms with Crippen LogP contribution in [0.25, 0.3) is 10.9 Å². The molecule has 0 aliphatic rings. The largest absolute Gasteiger partial charge is 0.487 e. The number of ether oxygens (including phenoxy) is 1. The van der Waals surface area contributed by atoms with Gasteiger partial charge in [-0.1, -0.05) is 47.5 Å². The highest BCUT2D eigenvalue weighted by Gasteiger charge is 2.14. The van der Waals surface area contributed by atoms with E-state index in [9.17, 15) is 4.79 Å². The molecular weight excluding hydrogens is 371 g/mol. The maximum Gasteiger partial charge on any atom is 0.224 e. The zero-order chi connectivity index (χ0) is 18.7. The van der Waals surface area contributed by atoms with Gasteiger partial charge in [0.1, 0.15) is 17.9 Å². The number of halogens is 2. The molecule has 0 saturated carbocycles. The van der Waals surface area contributed by atoms with Crippen molar-refractivity contribution in [2.45, 2.75) is 20.0 Å². The molecule has 26 heavy (non-hydrogen) atoms. The molecule has 4 nitrogen and oxygen atoms in total. The van der Waals surface area contributed by atoms with Gasteiger partial charge in [0.25, 0.3) is 0 Å². The number of benzene rings is 2. The van der Waals surface area contributed by atoms with Crippen molar-refractivity contribution in [3.63, 3.8) is 0 Å². The molecule has 1 heterocycles. The van der Waals surface area contributed by atoms with Crippen LogP contribution in [0.2, 0.25) is 10.0 Å². The van der Waals surface area contributed by atoms with Crippen LogP contribution in [-0.4, -0.2) is 17.9 Å². The molecular formula is C20H18Cl2N2O2. The van der Waals surface area contributed by atoms with Gasteiger partial charge in [-0.2, -0.15) is 0 Å². The van der Waals surface area contributed by atoms with Crippen LogP contribution in [0, 0.1) is 6.92 Å². The van der Waals surface area contributed by atoms with Crippen molar-refractivity contribution in [3.05, 3.63) is 69.3 Å². The third-order valence-corrected chi connectivity index (χ3v) is 4.92. The lowest BCUT2D eigenvalue weighted by Gasteiger charge is -2.14. The first kappa shape index (κ1) is 18.5. The average Bonchev–Trinajstić information content (AvgIpc) is 2.64. The van der Waals surface area contributed by atoms with Crippen molar-refractivity contribution in [2.24, 2.45) is 0 Å². The number of carbonyl (C=O) groups is 1. The van der Waals surface area contributed by atoms with Crippen molar-refractivity contribution in [1.82, 2.24) is 10.3 Å². The lowest BCUT2D eigenvalue weighted by molar-refractivity contribution is -0.119. The summed E-state index contributed by atoms with van der Waals surface area (Å²) in [5.41, 5.74) is 3.07. The molecule has 0 fully saturated rings. The van der Waals surface area contributed by atoms with Gasteiger partial charge in [-0.25, -0.2) is 4.98 Å². The van der Waals surface area contributed by atoms with E-state index in [1.54, 1.807) is 19.2 Å². The number of hydrogen-bond donors (Lipinski definition) is 1. The second kappa shape index (κ2) is 7.94. The fraction of sp³-hybridized carbons (Fsp3) is 0.200. The number of nitrogens with one attached hydrogen (secondary N) is 1. The summed E-state index contributed by atoms with van der Waals surface area (Å²) >= 11 is 12.8. The topological polar surface area (TPSA) is 51.2 Å². The first-order chi connectivity index (χ1) is 12.5. The van der Waals surface area contributed by atoms with Crippen LogP contribution >= 0.6 is 23.2 Å². The molecule has 0 spiro atoms. The van der Waals surface area contributed by atoms with E-state index in [0.29, 0.717) is 26.9 Å². The minimum atomic E-state index is -0.116. The van der Waals surface area contributed by atoms with Gasteiger partial charge < -0.3 is 10.1 Å². The predicted molar refractivity (Wildman–Crippen MR) is 105 cm³/mol. The quantitative estimate of drug-likeness (QED) is 0.687. The van der Waals surface area contributed by atoms with E-state index in [-0.39, 0.29) is 18.9 Å². The third kappa shape index (κ3) is 3.92. The summed E-state index contributed by atoms with van der Waals surface area (Å²) in [6.45, 7) is 2.13. The van der Waals surface area contributed by atoms with Crippen LogP contribution in [0.4, 0.5) is 0 Å². The van der Waals surface area contributed by atoms with Crippen LogP contribution in [0.3, 0.4) is 0 Å². The summed E-state index contributed by atoms with van der Waals surface area (Å²) in [7, 11) is 1.59. The highest BCUT2D eigenvalue weighted by molar-refractivity contribution is 6.36. The van der Waals surface area contributed by atoms with Gasteiger partial charge in [-0.15, -0.1) is 0 Å². The normalized spacial score (nSPS) is 10.8.